The number of hydrogen-bond acceptors (Lipinski definition) is 7. The Balaban J connectivity index is 2.16. The van der Waals surface area contributed by atoms with Crippen molar-refractivity contribution in [3.63, 3.8) is 0 Å². The van der Waals surface area contributed by atoms with Crippen molar-refractivity contribution in [1.29, 1.82) is 0 Å². The van der Waals surface area contributed by atoms with Gasteiger partial charge in [-0.05, 0) is 51.3 Å². The summed E-state index contributed by atoms with van der Waals surface area (Å²) in [5.41, 5.74) is 0.740. The van der Waals surface area contributed by atoms with Crippen LogP contribution in [0.15, 0.2) is 35.1 Å². The van der Waals surface area contributed by atoms with E-state index in [0.717, 1.165) is 6.42 Å². The zero-order valence-electron chi connectivity index (χ0n) is 19.9. The number of pyridine rings is 1. The van der Waals surface area contributed by atoms with Crippen LogP contribution >= 0.6 is 0 Å². The summed E-state index contributed by atoms with van der Waals surface area (Å²) < 4.78 is 12.0. The third kappa shape index (κ3) is 5.36. The average molecular weight is 457 g/mol. The summed E-state index contributed by atoms with van der Waals surface area (Å²) in [6, 6.07) is 4.69. The lowest BCUT2D eigenvalue weighted by molar-refractivity contribution is 0.0589. The molecule has 3 heterocycles. The second-order valence-electron chi connectivity index (χ2n) is 9.10. The minimum atomic E-state index is -0.967. The van der Waals surface area contributed by atoms with E-state index in [1.165, 1.54) is 13.4 Å². The van der Waals surface area contributed by atoms with Gasteiger partial charge in [0.05, 0.1) is 42.6 Å². The summed E-state index contributed by atoms with van der Waals surface area (Å²) in [7, 11) is 1.30. The van der Waals surface area contributed by atoms with E-state index in [1.54, 1.807) is 42.8 Å². The number of anilines is 2. The second kappa shape index (κ2) is 9.66. The molecule has 3 N–H and O–H groups in total. The molecule has 0 spiro atoms. The molecule has 0 saturated heterocycles. The number of aryl methyl sites for hydroxylation is 1. The molecule has 9 nitrogen and oxygen atoms in total. The van der Waals surface area contributed by atoms with Crippen LogP contribution in [-0.4, -0.2) is 45.3 Å². The van der Waals surface area contributed by atoms with E-state index in [-0.39, 0.29) is 17.5 Å². The highest BCUT2D eigenvalue weighted by molar-refractivity contribution is 6.14. The molecule has 3 aromatic rings. The van der Waals surface area contributed by atoms with Crippen molar-refractivity contribution >= 4 is 34.3 Å². The lowest BCUT2D eigenvalue weighted by Crippen LogP contribution is -2.39. The molecular weight excluding hydrogens is 424 g/mol. The van der Waals surface area contributed by atoms with Gasteiger partial charge in [0.15, 0.2) is 11.5 Å². The first-order valence-corrected chi connectivity index (χ1v) is 11.0. The molecule has 0 bridgehead atoms. The standard InChI is InChI=1S/C24H32N4O5/c1-14(2)9-10-28-20(23(30)32-6)19(27-22(29)18-8-7-11-33-18)17-12-16(13-25-21(17)28)26-15(3)24(4,5)31/h7-8,11-15,26,31H,9-10H2,1-6H3,(H,27,29)/t15-/m0/s1. The van der Waals surface area contributed by atoms with Gasteiger partial charge in [-0.2, -0.15) is 0 Å². The molecule has 0 aliphatic rings. The Morgan fingerprint density at radius 2 is 2.03 bits per heavy atom. The number of rotatable bonds is 9. The van der Waals surface area contributed by atoms with E-state index >= 15 is 0 Å². The number of furan rings is 1. The van der Waals surface area contributed by atoms with E-state index in [2.05, 4.69) is 29.5 Å². The van der Waals surface area contributed by atoms with Crippen LogP contribution in [0.5, 0.6) is 0 Å². The van der Waals surface area contributed by atoms with Crippen LogP contribution in [0.1, 0.15) is 62.1 Å². The van der Waals surface area contributed by atoms with E-state index in [1.807, 2.05) is 6.92 Å². The third-order valence-electron chi connectivity index (χ3n) is 5.63. The topological polar surface area (TPSA) is 119 Å². The summed E-state index contributed by atoms with van der Waals surface area (Å²) in [5.74, 6) is -0.559. The molecule has 1 atom stereocenters. The van der Waals surface area contributed by atoms with Crippen molar-refractivity contribution in [1.82, 2.24) is 9.55 Å². The lowest BCUT2D eigenvalue weighted by Gasteiger charge is -2.27. The lowest BCUT2D eigenvalue weighted by atomic mass is 10.0. The molecule has 0 fully saturated rings. The van der Waals surface area contributed by atoms with Crippen LogP contribution in [0.25, 0.3) is 11.0 Å². The predicted molar refractivity (Wildman–Crippen MR) is 127 cm³/mol. The molecule has 0 unspecified atom stereocenters. The Labute approximate surface area is 193 Å². The monoisotopic (exact) mass is 456 g/mol. The molecular formula is C24H32N4O5. The summed E-state index contributed by atoms with van der Waals surface area (Å²) in [5, 5.41) is 16.9. The van der Waals surface area contributed by atoms with Crippen molar-refractivity contribution in [2.75, 3.05) is 17.7 Å². The molecule has 0 radical (unpaired) electrons. The van der Waals surface area contributed by atoms with Crippen LogP contribution < -0.4 is 10.6 Å². The number of carbonyl (C=O) groups is 2. The molecule has 9 heteroatoms. The first-order valence-electron chi connectivity index (χ1n) is 11.0. The highest BCUT2D eigenvalue weighted by Gasteiger charge is 2.28. The van der Waals surface area contributed by atoms with Crippen LogP contribution in [0.4, 0.5) is 11.4 Å². The van der Waals surface area contributed by atoms with Crippen molar-refractivity contribution in [2.24, 2.45) is 5.92 Å². The number of amides is 1. The fraction of sp³-hybridized carbons (Fsp3) is 0.458. The van der Waals surface area contributed by atoms with Crippen molar-refractivity contribution in [3.05, 3.63) is 42.1 Å². The summed E-state index contributed by atoms with van der Waals surface area (Å²) in [6.45, 7) is 9.99. The molecule has 33 heavy (non-hydrogen) atoms. The van der Waals surface area contributed by atoms with Gasteiger partial charge < -0.3 is 29.5 Å². The first-order chi connectivity index (χ1) is 15.5. The number of nitrogens with one attached hydrogen (secondary N) is 2. The zero-order chi connectivity index (χ0) is 24.3. The van der Waals surface area contributed by atoms with Gasteiger partial charge in [0.2, 0.25) is 0 Å². The smallest absolute Gasteiger partial charge is 0.356 e. The molecule has 3 aromatic heterocycles. The summed E-state index contributed by atoms with van der Waals surface area (Å²) in [4.78, 5) is 30.3. The quantitative estimate of drug-likeness (QED) is 0.411. The van der Waals surface area contributed by atoms with Crippen LogP contribution in [-0.2, 0) is 11.3 Å². The number of ether oxygens (including phenoxy) is 1. The van der Waals surface area contributed by atoms with E-state index < -0.39 is 17.5 Å². The Morgan fingerprint density at radius 3 is 2.61 bits per heavy atom. The van der Waals surface area contributed by atoms with Crippen molar-refractivity contribution in [3.8, 4) is 0 Å². The number of methoxy groups -OCH3 is 1. The fourth-order valence-electron chi connectivity index (χ4n) is 3.35. The van der Waals surface area contributed by atoms with Crippen molar-refractivity contribution in [2.45, 2.75) is 59.2 Å². The fourth-order valence-corrected chi connectivity index (χ4v) is 3.35. The maximum atomic E-state index is 12.8. The minimum Gasteiger partial charge on any atom is -0.464 e. The van der Waals surface area contributed by atoms with Gasteiger partial charge in [-0.25, -0.2) is 9.78 Å². The molecule has 0 aliphatic heterocycles. The Bertz CT molecular complexity index is 1130. The van der Waals surface area contributed by atoms with E-state index in [0.29, 0.717) is 34.9 Å². The molecule has 3 rings (SSSR count). The zero-order valence-corrected chi connectivity index (χ0v) is 19.9. The number of carbonyl (C=O) groups excluding carboxylic acids is 2. The van der Waals surface area contributed by atoms with Gasteiger partial charge in [0, 0.05) is 11.9 Å². The minimum absolute atomic E-state index is 0.117. The molecule has 0 aliphatic carbocycles. The average Bonchev–Trinajstić information content (AvgIpc) is 3.38. The van der Waals surface area contributed by atoms with E-state index in [9.17, 15) is 14.7 Å². The number of aromatic nitrogens is 2. The summed E-state index contributed by atoms with van der Waals surface area (Å²) >= 11 is 0. The molecule has 1 amide bonds. The van der Waals surface area contributed by atoms with Crippen LogP contribution in [0, 0.1) is 5.92 Å². The van der Waals surface area contributed by atoms with Crippen LogP contribution in [0.3, 0.4) is 0 Å². The van der Waals surface area contributed by atoms with Gasteiger partial charge in [-0.3, -0.25) is 4.79 Å². The highest BCUT2D eigenvalue weighted by atomic mass is 16.5. The molecule has 0 saturated carbocycles. The van der Waals surface area contributed by atoms with Gasteiger partial charge in [-0.15, -0.1) is 0 Å². The van der Waals surface area contributed by atoms with Gasteiger partial charge >= 0.3 is 5.97 Å². The van der Waals surface area contributed by atoms with Gasteiger partial charge in [-0.1, -0.05) is 13.8 Å². The first kappa shape index (κ1) is 24.3. The van der Waals surface area contributed by atoms with Gasteiger partial charge in [0.25, 0.3) is 5.91 Å². The normalized spacial score (nSPS) is 12.7. The maximum absolute atomic E-state index is 12.8. The number of fused-ring (bicyclic) bond motifs is 1. The summed E-state index contributed by atoms with van der Waals surface area (Å²) in [6.07, 6.45) is 3.86. The van der Waals surface area contributed by atoms with Crippen LogP contribution in [0.2, 0.25) is 0 Å². The second-order valence-corrected chi connectivity index (χ2v) is 9.10. The van der Waals surface area contributed by atoms with E-state index in [4.69, 9.17) is 9.15 Å². The number of aliphatic hydroxyl groups is 1. The number of nitrogens with zero attached hydrogens (tertiary/aromatic N) is 2. The SMILES string of the molecule is COC(=O)c1c(NC(=O)c2ccco2)c2cc(N[C@@H](C)C(C)(C)O)cnc2n1CCC(C)C. The molecule has 178 valence electrons. The number of hydrogen-bond donors (Lipinski definition) is 3. The largest absolute Gasteiger partial charge is 0.464 e. The van der Waals surface area contributed by atoms with Gasteiger partial charge in [0.1, 0.15) is 5.65 Å². The Morgan fingerprint density at radius 1 is 1.30 bits per heavy atom. The molecule has 0 aromatic carbocycles. The van der Waals surface area contributed by atoms with Crippen molar-refractivity contribution < 1.29 is 23.8 Å². The Hall–Kier alpha value is -3.33. The highest BCUT2D eigenvalue weighted by Crippen LogP contribution is 2.34. The maximum Gasteiger partial charge on any atom is 0.356 e. The Kier molecular flexibility index (Phi) is 7.12. The number of esters is 1. The predicted octanol–water partition coefficient (Wildman–Crippen LogP) is 4.29. The third-order valence-corrected chi connectivity index (χ3v) is 5.63.